The molecule has 1 heterocycles. The van der Waals surface area contributed by atoms with Gasteiger partial charge in [0, 0.05) is 43.4 Å². The number of carbonyl (C=O) groups is 1. The molecule has 0 aromatic heterocycles. The van der Waals surface area contributed by atoms with Gasteiger partial charge in [-0.3, -0.25) is 14.9 Å². The highest BCUT2D eigenvalue weighted by Gasteiger charge is 2.26. The van der Waals surface area contributed by atoms with Gasteiger partial charge in [0.1, 0.15) is 0 Å². The van der Waals surface area contributed by atoms with E-state index in [1.54, 1.807) is 17.0 Å². The molecule has 1 fully saturated rings. The molecule has 1 N–H and O–H groups in total. The first-order chi connectivity index (χ1) is 9.65. The maximum atomic E-state index is 12.0. The monoisotopic (exact) mass is 275 g/mol. The van der Waals surface area contributed by atoms with Crippen molar-refractivity contribution in [1.82, 2.24) is 5.32 Å². The standard InChI is InChI=1S/C14H17N3O3/c18-14-6-1-10-9-12(17(19)20)4-5-13(10)16(14)8-7-15-11-2-3-11/h4-5,9,11,15H,1-3,6-8H2. The molecule has 1 aliphatic heterocycles. The minimum Gasteiger partial charge on any atom is -0.312 e. The molecule has 2 aliphatic rings. The van der Waals surface area contributed by atoms with Gasteiger partial charge < -0.3 is 10.2 Å². The number of nitrogens with one attached hydrogen (secondary N) is 1. The van der Waals surface area contributed by atoms with Gasteiger partial charge in [0.25, 0.3) is 5.69 Å². The Labute approximate surface area is 116 Å². The molecule has 1 saturated carbocycles. The van der Waals surface area contributed by atoms with E-state index in [-0.39, 0.29) is 11.6 Å². The fourth-order valence-electron chi connectivity index (χ4n) is 2.57. The average Bonchev–Trinajstić information content (AvgIpc) is 3.25. The molecule has 6 nitrogen and oxygen atoms in total. The molecule has 3 rings (SSSR count). The summed E-state index contributed by atoms with van der Waals surface area (Å²) in [5.41, 5.74) is 1.81. The Morgan fingerprint density at radius 1 is 1.35 bits per heavy atom. The van der Waals surface area contributed by atoms with Gasteiger partial charge in [0.05, 0.1) is 4.92 Å². The molecular formula is C14H17N3O3. The van der Waals surface area contributed by atoms with Gasteiger partial charge in [-0.2, -0.15) is 0 Å². The van der Waals surface area contributed by atoms with E-state index in [0.717, 1.165) is 17.8 Å². The van der Waals surface area contributed by atoms with Gasteiger partial charge in [0.15, 0.2) is 0 Å². The van der Waals surface area contributed by atoms with Crippen LogP contribution in [0.15, 0.2) is 18.2 Å². The number of aryl methyl sites for hydroxylation is 1. The number of rotatable bonds is 5. The largest absolute Gasteiger partial charge is 0.312 e. The van der Waals surface area contributed by atoms with Crippen molar-refractivity contribution < 1.29 is 9.72 Å². The molecule has 0 bridgehead atoms. The van der Waals surface area contributed by atoms with Crippen molar-refractivity contribution in [3.63, 3.8) is 0 Å². The van der Waals surface area contributed by atoms with Crippen LogP contribution in [-0.2, 0) is 11.2 Å². The molecule has 1 aliphatic carbocycles. The van der Waals surface area contributed by atoms with Crippen molar-refractivity contribution >= 4 is 17.3 Å². The van der Waals surface area contributed by atoms with Crippen LogP contribution in [0.4, 0.5) is 11.4 Å². The van der Waals surface area contributed by atoms with Crippen molar-refractivity contribution in [3.05, 3.63) is 33.9 Å². The number of hydrogen-bond acceptors (Lipinski definition) is 4. The maximum Gasteiger partial charge on any atom is 0.269 e. The number of non-ortho nitro benzene ring substituents is 1. The lowest BCUT2D eigenvalue weighted by molar-refractivity contribution is -0.384. The predicted molar refractivity (Wildman–Crippen MR) is 74.8 cm³/mol. The van der Waals surface area contributed by atoms with Crippen LogP contribution in [0.25, 0.3) is 0 Å². The maximum absolute atomic E-state index is 12.0. The Morgan fingerprint density at radius 3 is 2.85 bits per heavy atom. The zero-order valence-electron chi connectivity index (χ0n) is 11.2. The number of nitrogens with zero attached hydrogens (tertiary/aromatic N) is 2. The van der Waals surface area contributed by atoms with Crippen molar-refractivity contribution in [1.29, 1.82) is 0 Å². The van der Waals surface area contributed by atoms with Crippen LogP contribution in [0.5, 0.6) is 0 Å². The number of benzene rings is 1. The highest BCUT2D eigenvalue weighted by molar-refractivity contribution is 5.96. The average molecular weight is 275 g/mol. The molecule has 1 aromatic carbocycles. The number of anilines is 1. The zero-order valence-corrected chi connectivity index (χ0v) is 11.2. The van der Waals surface area contributed by atoms with Crippen LogP contribution in [-0.4, -0.2) is 30.0 Å². The summed E-state index contributed by atoms with van der Waals surface area (Å²) in [6, 6.07) is 5.37. The highest BCUT2D eigenvalue weighted by Crippen LogP contribution is 2.30. The summed E-state index contributed by atoms with van der Waals surface area (Å²) in [5, 5.41) is 14.2. The van der Waals surface area contributed by atoms with Gasteiger partial charge in [-0.05, 0) is 30.9 Å². The number of fused-ring (bicyclic) bond motifs is 1. The van der Waals surface area contributed by atoms with E-state index in [2.05, 4.69) is 5.32 Å². The van der Waals surface area contributed by atoms with Gasteiger partial charge in [-0.25, -0.2) is 0 Å². The quantitative estimate of drug-likeness (QED) is 0.654. The molecule has 1 amide bonds. The molecule has 0 radical (unpaired) electrons. The number of nitro benzene ring substituents is 1. The first-order valence-corrected chi connectivity index (χ1v) is 6.96. The second kappa shape index (κ2) is 5.20. The van der Waals surface area contributed by atoms with Crippen LogP contribution in [0.1, 0.15) is 24.8 Å². The molecule has 1 aromatic rings. The Morgan fingerprint density at radius 2 is 2.15 bits per heavy atom. The smallest absolute Gasteiger partial charge is 0.269 e. The van der Waals surface area contributed by atoms with E-state index in [1.807, 2.05) is 0 Å². The molecule has 0 atom stereocenters. The fraction of sp³-hybridized carbons (Fsp3) is 0.500. The van der Waals surface area contributed by atoms with E-state index in [0.29, 0.717) is 25.4 Å². The van der Waals surface area contributed by atoms with Gasteiger partial charge in [0.2, 0.25) is 5.91 Å². The number of amides is 1. The lowest BCUT2D eigenvalue weighted by Crippen LogP contribution is -2.40. The van der Waals surface area contributed by atoms with Crippen LogP contribution in [0, 0.1) is 10.1 Å². The molecule has 0 unspecified atom stereocenters. The topological polar surface area (TPSA) is 75.5 Å². The molecule has 106 valence electrons. The van der Waals surface area contributed by atoms with E-state index < -0.39 is 4.92 Å². The van der Waals surface area contributed by atoms with Crippen molar-refractivity contribution in [2.45, 2.75) is 31.7 Å². The van der Waals surface area contributed by atoms with Crippen LogP contribution in [0.2, 0.25) is 0 Å². The summed E-state index contributed by atoms with van der Waals surface area (Å²) in [6.45, 7) is 1.40. The van der Waals surface area contributed by atoms with E-state index in [1.165, 1.54) is 18.9 Å². The zero-order chi connectivity index (χ0) is 14.1. The molecule has 0 saturated heterocycles. The van der Waals surface area contributed by atoms with E-state index in [4.69, 9.17) is 0 Å². The first-order valence-electron chi connectivity index (χ1n) is 6.96. The van der Waals surface area contributed by atoms with Crippen LogP contribution in [0.3, 0.4) is 0 Å². The summed E-state index contributed by atoms with van der Waals surface area (Å²) in [4.78, 5) is 24.2. The molecule has 20 heavy (non-hydrogen) atoms. The SMILES string of the molecule is O=C1CCc2cc([N+](=O)[O-])ccc2N1CCNC1CC1. The highest BCUT2D eigenvalue weighted by atomic mass is 16.6. The Balaban J connectivity index is 1.76. The first kappa shape index (κ1) is 13.1. The third kappa shape index (κ3) is 2.65. The van der Waals surface area contributed by atoms with Crippen molar-refractivity contribution in [2.75, 3.05) is 18.0 Å². The summed E-state index contributed by atoms with van der Waals surface area (Å²) in [5.74, 6) is 0.101. The summed E-state index contributed by atoms with van der Waals surface area (Å²) >= 11 is 0. The van der Waals surface area contributed by atoms with E-state index in [9.17, 15) is 14.9 Å². The minimum absolute atomic E-state index is 0.0918. The Bertz CT molecular complexity index is 555. The molecule has 0 spiro atoms. The summed E-state index contributed by atoms with van der Waals surface area (Å²) in [6.07, 6.45) is 3.45. The van der Waals surface area contributed by atoms with Gasteiger partial charge in [-0.15, -0.1) is 0 Å². The van der Waals surface area contributed by atoms with Crippen LogP contribution >= 0.6 is 0 Å². The van der Waals surface area contributed by atoms with Gasteiger partial charge in [-0.1, -0.05) is 0 Å². The molecule has 6 heteroatoms. The number of carbonyl (C=O) groups excluding carboxylic acids is 1. The minimum atomic E-state index is -0.393. The lowest BCUT2D eigenvalue weighted by atomic mass is 10.0. The number of hydrogen-bond donors (Lipinski definition) is 1. The second-order valence-electron chi connectivity index (χ2n) is 5.34. The summed E-state index contributed by atoms with van der Waals surface area (Å²) < 4.78 is 0. The summed E-state index contributed by atoms with van der Waals surface area (Å²) in [7, 11) is 0. The van der Waals surface area contributed by atoms with Crippen LogP contribution < -0.4 is 10.2 Å². The van der Waals surface area contributed by atoms with Crippen molar-refractivity contribution in [2.24, 2.45) is 0 Å². The van der Waals surface area contributed by atoms with E-state index >= 15 is 0 Å². The van der Waals surface area contributed by atoms with Crippen molar-refractivity contribution in [3.8, 4) is 0 Å². The third-order valence-corrected chi connectivity index (χ3v) is 3.82. The predicted octanol–water partition coefficient (Wildman–Crippen LogP) is 1.63. The Hall–Kier alpha value is -1.95. The van der Waals surface area contributed by atoms with Gasteiger partial charge >= 0.3 is 0 Å². The second-order valence-corrected chi connectivity index (χ2v) is 5.34. The fourth-order valence-corrected chi connectivity index (χ4v) is 2.57. The molecular weight excluding hydrogens is 258 g/mol. The third-order valence-electron chi connectivity index (χ3n) is 3.82. The normalized spacial score (nSPS) is 18.0. The number of nitro groups is 1. The lowest BCUT2D eigenvalue weighted by Gasteiger charge is -2.29. The Kier molecular flexibility index (Phi) is 3.40.